The summed E-state index contributed by atoms with van der Waals surface area (Å²) in [7, 11) is 2.56. The summed E-state index contributed by atoms with van der Waals surface area (Å²) in [6, 6.07) is 0. The van der Waals surface area contributed by atoms with Crippen molar-refractivity contribution in [1.82, 2.24) is 0 Å². The number of methoxy groups -OCH3 is 1. The molecule has 0 aliphatic rings. The van der Waals surface area contributed by atoms with Gasteiger partial charge in [-0.3, -0.25) is 4.79 Å². The summed E-state index contributed by atoms with van der Waals surface area (Å²) in [6.07, 6.45) is 0. The van der Waals surface area contributed by atoms with Gasteiger partial charge in [-0.05, 0) is 0 Å². The van der Waals surface area contributed by atoms with E-state index in [0.29, 0.717) is 0 Å². The van der Waals surface area contributed by atoms with Crippen LogP contribution in [0.2, 0.25) is 0 Å². The zero-order chi connectivity index (χ0) is 7.44. The molecule has 1 atom stereocenters. The first-order valence-corrected chi connectivity index (χ1v) is 2.79. The summed E-state index contributed by atoms with van der Waals surface area (Å²) < 4.78 is 4.10. The first-order valence-electron chi connectivity index (χ1n) is 2.35. The molecule has 5 heteroatoms. The van der Waals surface area contributed by atoms with Crippen molar-refractivity contribution in [1.29, 1.82) is 0 Å². The molecule has 0 bridgehead atoms. The fourth-order valence-electron chi connectivity index (χ4n) is 0.263. The molecule has 0 aromatic heterocycles. The van der Waals surface area contributed by atoms with Gasteiger partial charge in [0.15, 0.2) is 0 Å². The molecule has 1 unspecified atom stereocenters. The number of ketones is 1. The molecule has 0 rings (SSSR count). The van der Waals surface area contributed by atoms with Crippen LogP contribution in [0.1, 0.15) is 0 Å². The zero-order valence-corrected chi connectivity index (χ0v) is 5.94. The predicted molar refractivity (Wildman–Crippen MR) is 35.2 cm³/mol. The van der Waals surface area contributed by atoms with Gasteiger partial charge in [0, 0.05) is 0 Å². The number of ether oxygens (including phenoxy) is 1. The van der Waals surface area contributed by atoms with Gasteiger partial charge in [-0.25, -0.2) is 4.79 Å². The Kier molecular flexibility index (Phi) is 3.31. The second kappa shape index (κ2) is 3.51. The van der Waals surface area contributed by atoms with E-state index in [4.69, 9.17) is 11.6 Å². The van der Waals surface area contributed by atoms with Crippen LogP contribution in [0.15, 0.2) is 0 Å². The largest absolute Gasteiger partial charge is 0.463 e. The van der Waals surface area contributed by atoms with Gasteiger partial charge in [0.1, 0.15) is 7.85 Å². The van der Waals surface area contributed by atoms with Crippen LogP contribution in [0.4, 0.5) is 0 Å². The normalized spacial score (nSPS) is 12.2. The Morgan fingerprint density at radius 1 is 1.67 bits per heavy atom. The van der Waals surface area contributed by atoms with Crippen LogP contribution in [-0.4, -0.2) is 32.0 Å². The minimum absolute atomic E-state index is 0.709. The van der Waals surface area contributed by atoms with Gasteiger partial charge >= 0.3 is 5.97 Å². The SMILES string of the molecule is BC(Cl)C(=O)C(=O)OC. The highest BCUT2D eigenvalue weighted by Crippen LogP contribution is 1.91. The first-order chi connectivity index (χ1) is 4.09. The maximum atomic E-state index is 10.5. The average molecular weight is 148 g/mol. The Labute approximate surface area is 58.7 Å². The van der Waals surface area contributed by atoms with Gasteiger partial charge in [0.25, 0.3) is 0 Å². The topological polar surface area (TPSA) is 43.4 Å². The van der Waals surface area contributed by atoms with Crippen LogP contribution in [0, 0.1) is 0 Å². The maximum absolute atomic E-state index is 10.5. The molecule has 9 heavy (non-hydrogen) atoms. The van der Waals surface area contributed by atoms with E-state index < -0.39 is 17.0 Å². The number of carbonyl (C=O) groups is 2. The van der Waals surface area contributed by atoms with E-state index in [1.165, 1.54) is 7.85 Å². The average Bonchev–Trinajstić information content (AvgIpc) is 1.84. The van der Waals surface area contributed by atoms with Gasteiger partial charge in [-0.2, -0.15) is 0 Å². The minimum Gasteiger partial charge on any atom is -0.463 e. The highest BCUT2D eigenvalue weighted by molar-refractivity contribution is 6.60. The Hall–Kier alpha value is -0.505. The van der Waals surface area contributed by atoms with Crippen LogP contribution in [0.3, 0.4) is 0 Å². The third-order valence-corrected chi connectivity index (χ3v) is 0.946. The molecule has 0 aromatic carbocycles. The fraction of sp³-hybridized carbons (Fsp3) is 0.500. The molecule has 50 valence electrons. The molecule has 3 nitrogen and oxygen atoms in total. The van der Waals surface area contributed by atoms with Crippen LogP contribution < -0.4 is 0 Å². The molecule has 0 amide bonds. The minimum atomic E-state index is -0.891. The lowest BCUT2D eigenvalue weighted by Gasteiger charge is -1.97. The Morgan fingerprint density at radius 3 is 2.22 bits per heavy atom. The van der Waals surface area contributed by atoms with Crippen LogP contribution in [0.25, 0.3) is 0 Å². The molecule has 0 fully saturated rings. The van der Waals surface area contributed by atoms with Crippen LogP contribution in [-0.2, 0) is 14.3 Å². The summed E-state index contributed by atoms with van der Waals surface area (Å²) in [6.45, 7) is 0. The summed E-state index contributed by atoms with van der Waals surface area (Å²) in [5.41, 5.74) is 0. The molecule has 0 aliphatic carbocycles. The lowest BCUT2D eigenvalue weighted by atomic mass is 10.0. The number of rotatable bonds is 2. The molecular weight excluding hydrogens is 142 g/mol. The van der Waals surface area contributed by atoms with Crippen molar-refractivity contribution in [2.24, 2.45) is 0 Å². The fourth-order valence-corrected chi connectivity index (χ4v) is 0.352. The molecule has 0 radical (unpaired) electrons. The molecule has 0 N–H and O–H groups in total. The second-order valence-corrected chi connectivity index (χ2v) is 2.13. The van der Waals surface area contributed by atoms with E-state index in [0.717, 1.165) is 7.11 Å². The number of alkyl halides is 1. The number of esters is 1. The third kappa shape index (κ3) is 2.51. The number of halogens is 1. The van der Waals surface area contributed by atoms with Gasteiger partial charge in [-0.15, -0.1) is 11.6 Å². The Balaban J connectivity index is 3.89. The summed E-state index contributed by atoms with van der Waals surface area (Å²) in [5.74, 6) is -1.60. The van der Waals surface area contributed by atoms with Crippen molar-refractivity contribution >= 4 is 31.2 Å². The van der Waals surface area contributed by atoms with Gasteiger partial charge in [0.05, 0.1) is 12.4 Å². The summed E-state index contributed by atoms with van der Waals surface area (Å²) >= 11 is 5.25. The van der Waals surface area contributed by atoms with Gasteiger partial charge in [0.2, 0.25) is 5.78 Å². The van der Waals surface area contributed by atoms with Crippen molar-refractivity contribution in [3.05, 3.63) is 0 Å². The van der Waals surface area contributed by atoms with Crippen molar-refractivity contribution < 1.29 is 14.3 Å². The quantitative estimate of drug-likeness (QED) is 0.217. The van der Waals surface area contributed by atoms with Gasteiger partial charge in [-0.1, -0.05) is 0 Å². The molecular formula is C4H6BClO3. The van der Waals surface area contributed by atoms with Crippen molar-refractivity contribution in [3.63, 3.8) is 0 Å². The number of hydrogen-bond acceptors (Lipinski definition) is 3. The highest BCUT2D eigenvalue weighted by atomic mass is 35.5. The summed E-state index contributed by atoms with van der Waals surface area (Å²) in [4.78, 5) is 20.8. The lowest BCUT2D eigenvalue weighted by Crippen LogP contribution is -2.25. The van der Waals surface area contributed by atoms with E-state index >= 15 is 0 Å². The van der Waals surface area contributed by atoms with E-state index in [1.54, 1.807) is 0 Å². The van der Waals surface area contributed by atoms with Crippen molar-refractivity contribution in [2.75, 3.05) is 7.11 Å². The zero-order valence-electron chi connectivity index (χ0n) is 5.18. The Bertz CT molecular complexity index is 134. The molecule has 0 aliphatic heterocycles. The molecule has 0 spiro atoms. The first kappa shape index (κ1) is 8.49. The van der Waals surface area contributed by atoms with Crippen molar-refractivity contribution in [3.8, 4) is 0 Å². The maximum Gasteiger partial charge on any atom is 0.375 e. The third-order valence-electron chi connectivity index (χ3n) is 0.748. The number of carbonyl (C=O) groups excluding carboxylic acids is 2. The van der Waals surface area contributed by atoms with E-state index in [9.17, 15) is 9.59 Å². The molecule has 0 heterocycles. The van der Waals surface area contributed by atoms with E-state index in [-0.39, 0.29) is 0 Å². The van der Waals surface area contributed by atoms with Crippen LogP contribution >= 0.6 is 11.6 Å². The van der Waals surface area contributed by atoms with Crippen molar-refractivity contribution in [2.45, 2.75) is 5.28 Å². The molecule has 0 saturated carbocycles. The van der Waals surface area contributed by atoms with Crippen LogP contribution in [0.5, 0.6) is 0 Å². The lowest BCUT2D eigenvalue weighted by molar-refractivity contribution is -0.150. The Morgan fingerprint density at radius 2 is 2.11 bits per heavy atom. The standard InChI is InChI=1S/C4H6BClO3/c1-9-4(8)2(7)3(5)6/h3H,5H2,1H3. The predicted octanol–water partition coefficient (Wildman–Crippen LogP) is -1.07. The highest BCUT2D eigenvalue weighted by Gasteiger charge is 2.18. The smallest absolute Gasteiger partial charge is 0.375 e. The van der Waals surface area contributed by atoms with E-state index in [1.807, 2.05) is 0 Å². The van der Waals surface area contributed by atoms with Gasteiger partial charge < -0.3 is 4.74 Å². The number of Topliss-reactive ketones (excluding diaryl/α,β-unsaturated/α-hetero) is 1. The molecule has 0 aromatic rings. The molecule has 0 saturated heterocycles. The number of hydrogen-bond donors (Lipinski definition) is 0. The summed E-state index contributed by atoms with van der Waals surface area (Å²) in [5, 5.41) is -0.794. The van der Waals surface area contributed by atoms with E-state index in [2.05, 4.69) is 4.74 Å². The second-order valence-electron chi connectivity index (χ2n) is 1.47. The monoisotopic (exact) mass is 148 g/mol.